The summed E-state index contributed by atoms with van der Waals surface area (Å²) in [5, 5.41) is 0. The number of morpholine rings is 1. The van der Waals surface area contributed by atoms with Gasteiger partial charge in [-0.25, -0.2) is 4.98 Å². The Morgan fingerprint density at radius 1 is 1.17 bits per heavy atom. The monoisotopic (exact) mass is 334 g/mol. The first kappa shape index (κ1) is 17.0. The van der Waals surface area contributed by atoms with E-state index in [0.717, 1.165) is 56.3 Å². The van der Waals surface area contributed by atoms with Crippen LogP contribution in [0, 0.1) is 0 Å². The lowest BCUT2D eigenvalue weighted by atomic mass is 10.2. The third kappa shape index (κ3) is 3.33. The number of hydrogen-bond donors (Lipinski definition) is 1. The fourth-order valence-corrected chi connectivity index (χ4v) is 3.12. The number of nitrogens with two attached hydrogens (primary N) is 1. The maximum absolute atomic E-state index is 6.15. The minimum atomic E-state index is -0.140. The Kier molecular flexibility index (Phi) is 5.23. The van der Waals surface area contributed by atoms with E-state index in [-0.39, 0.29) is 6.04 Å². The highest BCUT2D eigenvalue weighted by molar-refractivity contribution is 5.80. The van der Waals surface area contributed by atoms with Gasteiger partial charge in [0.15, 0.2) is 11.5 Å². The molecule has 7 nitrogen and oxygen atoms in total. The molecular formula is C17H26N4O3. The third-order valence-corrected chi connectivity index (χ3v) is 4.43. The Hall–Kier alpha value is -1.83. The van der Waals surface area contributed by atoms with Gasteiger partial charge >= 0.3 is 0 Å². The molecule has 132 valence electrons. The first-order chi connectivity index (χ1) is 11.6. The van der Waals surface area contributed by atoms with Gasteiger partial charge < -0.3 is 24.5 Å². The summed E-state index contributed by atoms with van der Waals surface area (Å²) in [6, 6.07) is 3.75. The molecular weight excluding hydrogens is 308 g/mol. The molecule has 0 saturated carbocycles. The summed E-state index contributed by atoms with van der Waals surface area (Å²) in [6.07, 6.45) is 0. The molecule has 1 unspecified atom stereocenters. The molecule has 1 atom stereocenters. The van der Waals surface area contributed by atoms with Gasteiger partial charge in [-0.1, -0.05) is 0 Å². The molecule has 7 heteroatoms. The highest BCUT2D eigenvalue weighted by atomic mass is 16.5. The number of nitrogens with zero attached hydrogens (tertiary/aromatic N) is 3. The summed E-state index contributed by atoms with van der Waals surface area (Å²) >= 11 is 0. The number of benzene rings is 1. The summed E-state index contributed by atoms with van der Waals surface area (Å²) in [5.74, 6) is 2.27. The van der Waals surface area contributed by atoms with Crippen molar-refractivity contribution in [2.24, 2.45) is 5.73 Å². The normalized spacial score (nSPS) is 17.2. The molecule has 0 radical (unpaired) electrons. The molecule has 0 amide bonds. The summed E-state index contributed by atoms with van der Waals surface area (Å²) in [5.41, 5.74) is 8.05. The van der Waals surface area contributed by atoms with E-state index < -0.39 is 0 Å². The zero-order valence-corrected chi connectivity index (χ0v) is 14.6. The third-order valence-electron chi connectivity index (χ3n) is 4.43. The lowest BCUT2D eigenvalue weighted by Crippen LogP contribution is -2.38. The molecule has 0 spiro atoms. The van der Waals surface area contributed by atoms with Crippen molar-refractivity contribution in [3.05, 3.63) is 18.0 Å². The van der Waals surface area contributed by atoms with Crippen LogP contribution in [0.25, 0.3) is 11.0 Å². The van der Waals surface area contributed by atoms with Gasteiger partial charge in [-0.3, -0.25) is 4.90 Å². The van der Waals surface area contributed by atoms with E-state index in [1.165, 1.54) is 0 Å². The van der Waals surface area contributed by atoms with Crippen molar-refractivity contribution in [2.45, 2.75) is 19.5 Å². The lowest BCUT2D eigenvalue weighted by molar-refractivity contribution is 0.0364. The molecule has 2 N–H and O–H groups in total. The first-order valence-corrected chi connectivity index (χ1v) is 8.32. The quantitative estimate of drug-likeness (QED) is 0.861. The first-order valence-electron chi connectivity index (χ1n) is 8.32. The van der Waals surface area contributed by atoms with Crippen LogP contribution in [0.1, 0.15) is 18.8 Å². The van der Waals surface area contributed by atoms with Crippen LogP contribution in [-0.4, -0.2) is 61.5 Å². The molecule has 24 heavy (non-hydrogen) atoms. The van der Waals surface area contributed by atoms with Gasteiger partial charge in [-0.2, -0.15) is 0 Å². The highest BCUT2D eigenvalue weighted by Gasteiger charge is 2.18. The Bertz CT molecular complexity index is 693. The van der Waals surface area contributed by atoms with Crippen LogP contribution in [-0.2, 0) is 11.3 Å². The largest absolute Gasteiger partial charge is 0.493 e. The van der Waals surface area contributed by atoms with E-state index in [1.54, 1.807) is 14.2 Å². The van der Waals surface area contributed by atoms with Crippen LogP contribution in [0.2, 0.25) is 0 Å². The molecule has 0 aliphatic carbocycles. The molecule has 1 saturated heterocycles. The molecule has 1 aliphatic rings. The maximum Gasteiger partial charge on any atom is 0.163 e. The molecule has 2 aromatic rings. The van der Waals surface area contributed by atoms with Crippen LogP contribution in [0.5, 0.6) is 11.5 Å². The second-order valence-corrected chi connectivity index (χ2v) is 6.06. The van der Waals surface area contributed by atoms with Gasteiger partial charge in [-0.05, 0) is 6.92 Å². The van der Waals surface area contributed by atoms with Crippen molar-refractivity contribution in [3.63, 3.8) is 0 Å². The van der Waals surface area contributed by atoms with E-state index in [9.17, 15) is 0 Å². The van der Waals surface area contributed by atoms with Crippen LogP contribution in [0.4, 0.5) is 0 Å². The molecule has 0 bridgehead atoms. The van der Waals surface area contributed by atoms with Crippen LogP contribution >= 0.6 is 0 Å². The summed E-state index contributed by atoms with van der Waals surface area (Å²) in [6.45, 7) is 7.28. The number of rotatable bonds is 6. The number of hydrogen-bond acceptors (Lipinski definition) is 6. The fraction of sp³-hybridized carbons (Fsp3) is 0.588. The lowest BCUT2D eigenvalue weighted by Gasteiger charge is -2.27. The van der Waals surface area contributed by atoms with Crippen LogP contribution in [0.3, 0.4) is 0 Å². The van der Waals surface area contributed by atoms with Crippen molar-refractivity contribution in [1.82, 2.24) is 14.5 Å². The summed E-state index contributed by atoms with van der Waals surface area (Å²) in [7, 11) is 3.27. The Labute approximate surface area is 142 Å². The molecule has 3 rings (SSSR count). The highest BCUT2D eigenvalue weighted by Crippen LogP contribution is 2.33. The average molecular weight is 334 g/mol. The Balaban J connectivity index is 1.94. The van der Waals surface area contributed by atoms with E-state index >= 15 is 0 Å². The smallest absolute Gasteiger partial charge is 0.163 e. The number of fused-ring (bicyclic) bond motifs is 1. The van der Waals surface area contributed by atoms with Crippen LogP contribution < -0.4 is 15.2 Å². The summed E-state index contributed by atoms with van der Waals surface area (Å²) < 4.78 is 18.4. The zero-order chi connectivity index (χ0) is 17.1. The van der Waals surface area contributed by atoms with Gasteiger partial charge in [0.05, 0.1) is 44.5 Å². The van der Waals surface area contributed by atoms with Crippen molar-refractivity contribution in [1.29, 1.82) is 0 Å². The standard InChI is InChI=1S/C17H26N4O3/c1-12(18)17-19-13-10-15(22-2)16(23-3)11-14(13)21(17)5-4-20-6-8-24-9-7-20/h10-12H,4-9,18H2,1-3H3. The van der Waals surface area contributed by atoms with Gasteiger partial charge in [-0.15, -0.1) is 0 Å². The predicted octanol–water partition coefficient (Wildman–Crippen LogP) is 1.41. The Morgan fingerprint density at radius 3 is 2.46 bits per heavy atom. The molecule has 2 heterocycles. The maximum atomic E-state index is 6.15. The second-order valence-electron chi connectivity index (χ2n) is 6.06. The minimum Gasteiger partial charge on any atom is -0.493 e. The van der Waals surface area contributed by atoms with Crippen molar-refractivity contribution >= 4 is 11.0 Å². The van der Waals surface area contributed by atoms with Gasteiger partial charge in [0, 0.05) is 38.3 Å². The van der Waals surface area contributed by atoms with Crippen LogP contribution in [0.15, 0.2) is 12.1 Å². The summed E-state index contributed by atoms with van der Waals surface area (Å²) in [4.78, 5) is 7.12. The predicted molar refractivity (Wildman–Crippen MR) is 92.7 cm³/mol. The average Bonchev–Trinajstić information content (AvgIpc) is 2.97. The molecule has 1 aliphatic heterocycles. The topological polar surface area (TPSA) is 74.8 Å². The van der Waals surface area contributed by atoms with E-state index in [4.69, 9.17) is 24.9 Å². The number of imidazole rings is 1. The molecule has 1 aromatic heterocycles. The number of aromatic nitrogens is 2. The van der Waals surface area contributed by atoms with Gasteiger partial charge in [0.1, 0.15) is 5.82 Å². The van der Waals surface area contributed by atoms with Crippen molar-refractivity contribution in [2.75, 3.05) is 47.1 Å². The Morgan fingerprint density at radius 2 is 1.83 bits per heavy atom. The van der Waals surface area contributed by atoms with E-state index in [1.807, 2.05) is 19.1 Å². The SMILES string of the molecule is COc1cc2nc(C(C)N)n(CCN3CCOCC3)c2cc1OC. The molecule has 1 aromatic carbocycles. The van der Waals surface area contributed by atoms with Crippen molar-refractivity contribution < 1.29 is 14.2 Å². The van der Waals surface area contributed by atoms with Gasteiger partial charge in [0.2, 0.25) is 0 Å². The number of methoxy groups -OCH3 is 2. The van der Waals surface area contributed by atoms with Crippen molar-refractivity contribution in [3.8, 4) is 11.5 Å². The van der Waals surface area contributed by atoms with Gasteiger partial charge in [0.25, 0.3) is 0 Å². The zero-order valence-electron chi connectivity index (χ0n) is 14.6. The van der Waals surface area contributed by atoms with E-state index in [0.29, 0.717) is 11.5 Å². The number of ether oxygens (including phenoxy) is 3. The molecule has 1 fully saturated rings. The minimum absolute atomic E-state index is 0.140. The second kappa shape index (κ2) is 7.38. The fourth-order valence-electron chi connectivity index (χ4n) is 3.12. The van der Waals surface area contributed by atoms with E-state index in [2.05, 4.69) is 9.47 Å².